The lowest BCUT2D eigenvalue weighted by Crippen LogP contribution is -2.13. The van der Waals surface area contributed by atoms with Crippen LogP contribution < -0.4 is 18.1 Å². The molecule has 13 nitrogen and oxygen atoms in total. The van der Waals surface area contributed by atoms with E-state index in [2.05, 4.69) is 0 Å². The van der Waals surface area contributed by atoms with Crippen molar-refractivity contribution >= 4 is 66.1 Å². The second kappa shape index (κ2) is 20.5. The van der Waals surface area contributed by atoms with E-state index in [1.165, 1.54) is 0 Å². The summed E-state index contributed by atoms with van der Waals surface area (Å²) in [5.41, 5.74) is 0. The topological polar surface area (TPSA) is 129 Å². The van der Waals surface area contributed by atoms with Crippen LogP contribution >= 0.6 is 23.0 Å². The fourth-order valence-electron chi connectivity index (χ4n) is 7.44. The van der Waals surface area contributed by atoms with Gasteiger partial charge in [-0.05, 0) is 91.6 Å². The molecule has 8 aromatic carbocycles. The van der Waals surface area contributed by atoms with E-state index in [9.17, 15) is 0 Å². The van der Waals surface area contributed by atoms with Gasteiger partial charge in [0, 0.05) is 0 Å². The summed E-state index contributed by atoms with van der Waals surface area (Å²) in [6.45, 7) is 2.61. The highest BCUT2D eigenvalue weighted by Gasteiger charge is 2.47. The minimum Gasteiger partial charge on any atom is -0.422 e. The molecule has 0 spiro atoms. The standard InChI is InChI=1S/C50H48N3O10P3/c1-5-13-43-35-47(21-17-39(43)9-1)60-64-51-65(61-48-22-18-40-10-2-6-14-44(40)36-48,59-34-32-57-30-28-55-26-25-54-27-29-56-31-33-58-64)53-66(52-64,62-49-23-19-41-11-3-7-15-45(41)37-49)63-50-24-20-42-12-4-8-16-46(42)38-50/h1-24,35-38H,25-34H2. The largest absolute Gasteiger partial charge is 0.459 e. The van der Waals surface area contributed by atoms with E-state index in [0.29, 0.717) is 62.6 Å². The molecule has 0 radical (unpaired) electrons. The fraction of sp³-hybridized carbons (Fsp3) is 0.200. The van der Waals surface area contributed by atoms with E-state index in [-0.39, 0.29) is 26.4 Å². The minimum absolute atomic E-state index is 0.0164. The number of hydrogen-bond acceptors (Lipinski definition) is 13. The van der Waals surface area contributed by atoms with Gasteiger partial charge in [0.2, 0.25) is 0 Å². The van der Waals surface area contributed by atoms with Crippen LogP contribution in [0.1, 0.15) is 0 Å². The van der Waals surface area contributed by atoms with Gasteiger partial charge in [0.25, 0.3) is 0 Å². The van der Waals surface area contributed by atoms with Crippen LogP contribution in [-0.4, -0.2) is 66.1 Å². The van der Waals surface area contributed by atoms with E-state index in [0.717, 1.165) is 43.1 Å². The minimum atomic E-state index is -4.09. The van der Waals surface area contributed by atoms with Crippen LogP contribution in [0.25, 0.3) is 43.1 Å². The first kappa shape index (κ1) is 44.3. The van der Waals surface area contributed by atoms with E-state index in [4.69, 9.17) is 59.6 Å². The van der Waals surface area contributed by atoms with E-state index < -0.39 is 23.0 Å². The lowest BCUT2D eigenvalue weighted by Gasteiger charge is -2.33. The molecule has 10 rings (SSSR count). The van der Waals surface area contributed by atoms with Crippen molar-refractivity contribution in [3.8, 4) is 23.0 Å². The highest BCUT2D eigenvalue weighted by atomic mass is 31.3. The molecule has 0 fully saturated rings. The van der Waals surface area contributed by atoms with Crippen LogP contribution in [-0.2, 0) is 28.0 Å². The van der Waals surface area contributed by atoms with Crippen LogP contribution in [0.4, 0.5) is 0 Å². The van der Waals surface area contributed by atoms with Gasteiger partial charge in [-0.1, -0.05) is 121 Å². The molecule has 2 aliphatic rings. The maximum Gasteiger partial charge on any atom is 0.459 e. The molecule has 2 bridgehead atoms. The van der Waals surface area contributed by atoms with Crippen molar-refractivity contribution in [2.24, 2.45) is 13.5 Å². The smallest absolute Gasteiger partial charge is 0.422 e. The zero-order valence-electron chi connectivity index (χ0n) is 36.0. The van der Waals surface area contributed by atoms with Crippen molar-refractivity contribution in [1.82, 2.24) is 0 Å². The van der Waals surface area contributed by atoms with Crippen molar-refractivity contribution in [1.29, 1.82) is 0 Å². The summed E-state index contributed by atoms with van der Waals surface area (Å²) in [7, 11) is -12.1. The van der Waals surface area contributed by atoms with Crippen molar-refractivity contribution in [3.05, 3.63) is 170 Å². The van der Waals surface area contributed by atoms with Crippen LogP contribution in [0.2, 0.25) is 0 Å². The van der Waals surface area contributed by atoms with E-state index in [1.807, 2.05) is 170 Å². The number of rotatable bonds is 8. The van der Waals surface area contributed by atoms with Crippen LogP contribution in [0.3, 0.4) is 0 Å². The molecule has 2 aliphatic heterocycles. The van der Waals surface area contributed by atoms with Gasteiger partial charge < -0.3 is 37.0 Å². The predicted molar refractivity (Wildman–Crippen MR) is 262 cm³/mol. The molecule has 2 heterocycles. The number of fused-ring (bicyclic) bond motifs is 5. The van der Waals surface area contributed by atoms with Crippen molar-refractivity contribution < 1.29 is 46.1 Å². The van der Waals surface area contributed by atoms with Gasteiger partial charge >= 0.3 is 23.0 Å². The second-order valence-corrected chi connectivity index (χ2v) is 21.6. The van der Waals surface area contributed by atoms with Crippen LogP contribution in [0.15, 0.2) is 183 Å². The Hall–Kier alpha value is -5.55. The Labute approximate surface area is 383 Å². The zero-order valence-corrected chi connectivity index (χ0v) is 38.7. The quantitative estimate of drug-likeness (QED) is 0.136. The van der Waals surface area contributed by atoms with Gasteiger partial charge in [0.05, 0.1) is 66.1 Å². The maximum absolute atomic E-state index is 7.15. The molecule has 16 heteroatoms. The van der Waals surface area contributed by atoms with Gasteiger partial charge in [0.1, 0.15) is 23.0 Å². The van der Waals surface area contributed by atoms with Gasteiger partial charge in [-0.25, -0.2) is 0 Å². The van der Waals surface area contributed by atoms with Crippen LogP contribution in [0.5, 0.6) is 23.0 Å². The van der Waals surface area contributed by atoms with Crippen molar-refractivity contribution in [3.63, 3.8) is 0 Å². The predicted octanol–water partition coefficient (Wildman–Crippen LogP) is 13.9. The molecular weight excluding hydrogens is 895 g/mol. The molecule has 0 saturated carbocycles. The Balaban J connectivity index is 1.20. The van der Waals surface area contributed by atoms with Gasteiger partial charge in [-0.3, -0.25) is 9.05 Å². The number of benzene rings is 8. The molecule has 0 aliphatic carbocycles. The Bertz CT molecular complexity index is 2980. The Morgan fingerprint density at radius 2 is 0.576 bits per heavy atom. The lowest BCUT2D eigenvalue weighted by molar-refractivity contribution is -0.00676. The number of ether oxygens (including phenoxy) is 4. The van der Waals surface area contributed by atoms with Gasteiger partial charge in [0.15, 0.2) is 0 Å². The lowest BCUT2D eigenvalue weighted by atomic mass is 10.1. The summed E-state index contributed by atoms with van der Waals surface area (Å²) in [5.74, 6) is 1.79. The average Bonchev–Trinajstić information content (AvgIpc) is 3.33. The third kappa shape index (κ3) is 10.8. The molecule has 2 atom stereocenters. The molecule has 0 saturated heterocycles. The van der Waals surface area contributed by atoms with Crippen LogP contribution in [0, 0.1) is 0 Å². The maximum atomic E-state index is 7.15. The summed E-state index contributed by atoms with van der Waals surface area (Å²) < 4.78 is 82.0. The second-order valence-electron chi connectivity index (χ2n) is 15.3. The average molecular weight is 944 g/mol. The zero-order chi connectivity index (χ0) is 44.5. The summed E-state index contributed by atoms with van der Waals surface area (Å²) in [4.78, 5) is 0. The first-order valence-corrected chi connectivity index (χ1v) is 26.4. The number of hydrogen-bond donors (Lipinski definition) is 0. The molecule has 0 N–H and O–H groups in total. The Morgan fingerprint density at radius 3 is 0.924 bits per heavy atom. The molecule has 2 unspecified atom stereocenters. The Morgan fingerprint density at radius 1 is 0.288 bits per heavy atom. The normalized spacial score (nSPS) is 21.0. The monoisotopic (exact) mass is 943 g/mol. The molecule has 338 valence electrons. The molecule has 8 aromatic rings. The van der Waals surface area contributed by atoms with E-state index in [1.54, 1.807) is 0 Å². The first-order chi connectivity index (χ1) is 32.5. The first-order valence-electron chi connectivity index (χ1n) is 21.8. The summed E-state index contributed by atoms with van der Waals surface area (Å²) in [6, 6.07) is 55.3. The summed E-state index contributed by atoms with van der Waals surface area (Å²) in [6.07, 6.45) is 0. The third-order valence-electron chi connectivity index (χ3n) is 10.5. The van der Waals surface area contributed by atoms with Crippen molar-refractivity contribution in [2.75, 3.05) is 66.1 Å². The highest BCUT2D eigenvalue weighted by Crippen LogP contribution is 2.79. The SMILES string of the molecule is c1ccc2cc(OP34=NP(Oc5ccc6ccccc6c5)(=NP(Oc5ccc6ccccc6c5)(Oc5ccc6ccccc6c5)=N3)OCCOCCOCCOCCOCCO4)ccc2c1. The molecule has 0 amide bonds. The van der Waals surface area contributed by atoms with E-state index >= 15 is 0 Å². The van der Waals surface area contributed by atoms with Gasteiger partial charge in [-0.2, -0.15) is 0 Å². The molecule has 66 heavy (non-hydrogen) atoms. The summed E-state index contributed by atoms with van der Waals surface area (Å²) >= 11 is 0. The Kier molecular flexibility index (Phi) is 13.8. The van der Waals surface area contributed by atoms with Crippen molar-refractivity contribution in [2.45, 2.75) is 0 Å². The highest BCUT2D eigenvalue weighted by molar-refractivity contribution is 7.78. The third-order valence-corrected chi connectivity index (χ3v) is 18.8. The summed E-state index contributed by atoms with van der Waals surface area (Å²) in [5, 5.41) is 7.90. The van der Waals surface area contributed by atoms with Gasteiger partial charge in [-0.15, -0.1) is 13.5 Å². The number of nitrogens with zero attached hydrogens (tertiary/aromatic N) is 3. The molecular formula is C50H48N3O10P3. The molecule has 0 aromatic heterocycles. The fourth-order valence-corrected chi connectivity index (χ4v) is 16.6.